The van der Waals surface area contributed by atoms with Gasteiger partial charge in [-0.25, -0.2) is 9.67 Å². The molecule has 0 aliphatic heterocycles. The smallest absolute Gasteiger partial charge is 0.265 e. The molecular weight excluding hydrogens is 400 g/mol. The minimum Gasteiger partial charge on any atom is -0.336 e. The molecular formula is C22H22N4OS2. The van der Waals surface area contributed by atoms with Crippen molar-refractivity contribution in [3.63, 3.8) is 0 Å². The summed E-state index contributed by atoms with van der Waals surface area (Å²) in [7, 11) is 1.84. The number of nitrogens with zero attached hydrogens (tertiary/aromatic N) is 4. The molecule has 0 bridgehead atoms. The fraction of sp³-hybridized carbons (Fsp3) is 0.227. The number of carbonyl (C=O) groups is 1. The van der Waals surface area contributed by atoms with E-state index in [0.29, 0.717) is 11.4 Å². The second-order valence-corrected chi connectivity index (χ2v) is 8.78. The van der Waals surface area contributed by atoms with Crippen LogP contribution in [0.3, 0.4) is 0 Å². The lowest BCUT2D eigenvalue weighted by molar-refractivity contribution is 0.0788. The fourth-order valence-corrected chi connectivity index (χ4v) is 5.08. The van der Waals surface area contributed by atoms with Crippen LogP contribution in [0.2, 0.25) is 0 Å². The summed E-state index contributed by atoms with van der Waals surface area (Å²) in [5.41, 5.74) is 5.93. The Morgan fingerprint density at radius 1 is 1.10 bits per heavy atom. The van der Waals surface area contributed by atoms with Crippen LogP contribution in [0.25, 0.3) is 16.3 Å². The average molecular weight is 423 g/mol. The van der Waals surface area contributed by atoms with Gasteiger partial charge in [0, 0.05) is 35.8 Å². The molecule has 1 aromatic carbocycles. The number of hydrogen-bond donors (Lipinski definition) is 0. The van der Waals surface area contributed by atoms with Gasteiger partial charge >= 0.3 is 0 Å². The largest absolute Gasteiger partial charge is 0.336 e. The number of thiazole rings is 1. The van der Waals surface area contributed by atoms with Gasteiger partial charge in [-0.15, -0.1) is 11.3 Å². The highest BCUT2D eigenvalue weighted by atomic mass is 32.1. The fourth-order valence-electron chi connectivity index (χ4n) is 3.31. The lowest BCUT2D eigenvalue weighted by Gasteiger charge is -2.17. The molecule has 29 heavy (non-hydrogen) atoms. The van der Waals surface area contributed by atoms with Crippen molar-refractivity contribution >= 4 is 28.6 Å². The van der Waals surface area contributed by atoms with Crippen LogP contribution in [0.4, 0.5) is 0 Å². The first kappa shape index (κ1) is 19.5. The van der Waals surface area contributed by atoms with Crippen molar-refractivity contribution < 1.29 is 4.79 Å². The van der Waals surface area contributed by atoms with Gasteiger partial charge < -0.3 is 4.90 Å². The number of rotatable bonds is 5. The SMILES string of the molecule is Cc1nc(-c2ccsc2)sc1C(=O)N(C)Cc1c(C)nn(-c2ccccc2)c1C. The summed E-state index contributed by atoms with van der Waals surface area (Å²) in [5.74, 6) is -0.00672. The molecule has 148 valence electrons. The van der Waals surface area contributed by atoms with Gasteiger partial charge in [-0.2, -0.15) is 16.4 Å². The van der Waals surface area contributed by atoms with E-state index >= 15 is 0 Å². The number of carbonyl (C=O) groups excluding carboxylic acids is 1. The molecule has 0 unspecified atom stereocenters. The van der Waals surface area contributed by atoms with Gasteiger partial charge in [0.25, 0.3) is 5.91 Å². The predicted molar refractivity (Wildman–Crippen MR) is 119 cm³/mol. The number of aryl methyl sites for hydroxylation is 2. The van der Waals surface area contributed by atoms with Crippen LogP contribution in [0, 0.1) is 20.8 Å². The Morgan fingerprint density at radius 2 is 1.86 bits per heavy atom. The van der Waals surface area contributed by atoms with Gasteiger partial charge in [-0.05, 0) is 44.4 Å². The number of para-hydroxylation sites is 1. The Kier molecular flexibility index (Phi) is 5.34. The Hall–Kier alpha value is -2.77. The van der Waals surface area contributed by atoms with E-state index in [4.69, 9.17) is 5.10 Å². The van der Waals surface area contributed by atoms with E-state index in [2.05, 4.69) is 10.4 Å². The Labute approximate surface area is 178 Å². The molecule has 0 atom stereocenters. The van der Waals surface area contributed by atoms with Crippen LogP contribution >= 0.6 is 22.7 Å². The first-order valence-electron chi connectivity index (χ1n) is 9.31. The molecule has 0 radical (unpaired) electrons. The summed E-state index contributed by atoms with van der Waals surface area (Å²) in [6, 6.07) is 12.1. The summed E-state index contributed by atoms with van der Waals surface area (Å²) in [6.45, 7) is 6.45. The topological polar surface area (TPSA) is 51.0 Å². The average Bonchev–Trinajstić information content (AvgIpc) is 3.44. The van der Waals surface area contributed by atoms with E-state index in [1.54, 1.807) is 16.2 Å². The number of benzene rings is 1. The number of thiophene rings is 1. The normalized spacial score (nSPS) is 11.0. The molecule has 4 rings (SSSR count). The molecule has 1 amide bonds. The van der Waals surface area contributed by atoms with E-state index < -0.39 is 0 Å². The monoisotopic (exact) mass is 422 g/mol. The maximum Gasteiger partial charge on any atom is 0.265 e. The zero-order chi connectivity index (χ0) is 20.5. The van der Waals surface area contributed by atoms with Gasteiger partial charge in [0.1, 0.15) is 9.88 Å². The van der Waals surface area contributed by atoms with Gasteiger partial charge in [0.2, 0.25) is 0 Å². The van der Waals surface area contributed by atoms with Crippen molar-refractivity contribution in [2.24, 2.45) is 0 Å². The third kappa shape index (κ3) is 3.75. The minimum absolute atomic E-state index is 0.00672. The van der Waals surface area contributed by atoms with E-state index in [1.807, 2.05) is 74.3 Å². The van der Waals surface area contributed by atoms with Crippen molar-refractivity contribution in [3.05, 3.63) is 74.7 Å². The molecule has 3 heterocycles. The van der Waals surface area contributed by atoms with Crippen LogP contribution < -0.4 is 0 Å². The van der Waals surface area contributed by atoms with Gasteiger partial charge in [-0.3, -0.25) is 4.79 Å². The maximum atomic E-state index is 13.1. The molecule has 4 aromatic rings. The summed E-state index contributed by atoms with van der Waals surface area (Å²) in [4.78, 5) is 20.2. The van der Waals surface area contributed by atoms with Crippen LogP contribution in [0.5, 0.6) is 0 Å². The van der Waals surface area contributed by atoms with Crippen LogP contribution in [-0.2, 0) is 6.54 Å². The van der Waals surface area contributed by atoms with E-state index in [1.165, 1.54) is 11.3 Å². The maximum absolute atomic E-state index is 13.1. The summed E-state index contributed by atoms with van der Waals surface area (Å²) in [5, 5.41) is 9.66. The number of hydrogen-bond acceptors (Lipinski definition) is 5. The summed E-state index contributed by atoms with van der Waals surface area (Å²) < 4.78 is 1.94. The molecule has 0 fully saturated rings. The summed E-state index contributed by atoms with van der Waals surface area (Å²) in [6.07, 6.45) is 0. The third-order valence-corrected chi connectivity index (χ3v) is 6.82. The molecule has 0 N–H and O–H groups in total. The van der Waals surface area contributed by atoms with Crippen molar-refractivity contribution in [2.45, 2.75) is 27.3 Å². The van der Waals surface area contributed by atoms with E-state index in [9.17, 15) is 4.79 Å². The van der Waals surface area contributed by atoms with Crippen LogP contribution in [0.15, 0.2) is 47.2 Å². The zero-order valence-electron chi connectivity index (χ0n) is 16.8. The molecule has 5 nitrogen and oxygen atoms in total. The lowest BCUT2D eigenvalue weighted by Crippen LogP contribution is -2.26. The second-order valence-electron chi connectivity index (χ2n) is 7.00. The van der Waals surface area contributed by atoms with Crippen molar-refractivity contribution in [3.8, 4) is 16.3 Å². The van der Waals surface area contributed by atoms with Crippen LogP contribution in [0.1, 0.15) is 32.3 Å². The molecule has 7 heteroatoms. The van der Waals surface area contributed by atoms with E-state index in [-0.39, 0.29) is 5.91 Å². The standard InChI is InChI=1S/C22H22N4OS2/c1-14-19(16(3)26(24-14)18-8-6-5-7-9-18)12-25(4)22(27)20-15(2)23-21(29-20)17-10-11-28-13-17/h5-11,13H,12H2,1-4H3. The highest BCUT2D eigenvalue weighted by molar-refractivity contribution is 7.17. The summed E-state index contributed by atoms with van der Waals surface area (Å²) >= 11 is 3.09. The molecule has 0 saturated carbocycles. The number of aromatic nitrogens is 3. The Morgan fingerprint density at radius 3 is 2.55 bits per heavy atom. The second kappa shape index (κ2) is 7.93. The molecule has 0 aliphatic rings. The molecule has 3 aromatic heterocycles. The Bertz CT molecular complexity index is 1140. The highest BCUT2D eigenvalue weighted by Crippen LogP contribution is 2.30. The Balaban J connectivity index is 1.58. The van der Waals surface area contributed by atoms with Gasteiger partial charge in [-0.1, -0.05) is 18.2 Å². The first-order chi connectivity index (χ1) is 14.0. The molecule has 0 aliphatic carbocycles. The van der Waals surface area contributed by atoms with Crippen molar-refractivity contribution in [2.75, 3.05) is 7.05 Å². The van der Waals surface area contributed by atoms with Gasteiger partial charge in [0.05, 0.1) is 17.1 Å². The van der Waals surface area contributed by atoms with E-state index in [0.717, 1.165) is 38.9 Å². The predicted octanol–water partition coefficient (Wildman–Crippen LogP) is 5.25. The first-order valence-corrected chi connectivity index (χ1v) is 11.1. The van der Waals surface area contributed by atoms with Crippen molar-refractivity contribution in [1.82, 2.24) is 19.7 Å². The lowest BCUT2D eigenvalue weighted by atomic mass is 10.2. The molecule has 0 spiro atoms. The highest BCUT2D eigenvalue weighted by Gasteiger charge is 2.22. The van der Waals surface area contributed by atoms with Crippen molar-refractivity contribution in [1.29, 1.82) is 0 Å². The zero-order valence-corrected chi connectivity index (χ0v) is 18.5. The van der Waals surface area contributed by atoms with Crippen LogP contribution in [-0.4, -0.2) is 32.6 Å². The molecule has 0 saturated heterocycles. The van der Waals surface area contributed by atoms with Gasteiger partial charge in [0.15, 0.2) is 0 Å². The minimum atomic E-state index is -0.00672. The number of amides is 1. The quantitative estimate of drug-likeness (QED) is 0.441. The third-order valence-electron chi connectivity index (χ3n) is 4.94.